The van der Waals surface area contributed by atoms with Crippen LogP contribution in [-0.2, 0) is 0 Å². The molecule has 0 bridgehead atoms. The largest absolute Gasteiger partial charge is 0.402 e. The van der Waals surface area contributed by atoms with Crippen LogP contribution in [0.2, 0.25) is 0 Å². The molecule has 0 aromatic carbocycles. The zero-order valence-corrected chi connectivity index (χ0v) is 10.2. The molecule has 0 heterocycles. The van der Waals surface area contributed by atoms with E-state index < -0.39 is 0 Å². The maximum absolute atomic E-state index is 5.97. The van der Waals surface area contributed by atoms with Crippen molar-refractivity contribution in [2.75, 3.05) is 0 Å². The summed E-state index contributed by atoms with van der Waals surface area (Å²) < 4.78 is 0. The monoisotopic (exact) mass is 209 g/mol. The molecule has 0 fully saturated rings. The third kappa shape index (κ3) is 5.15. The zero-order valence-electron chi connectivity index (χ0n) is 10.2. The average molecular weight is 209 g/mol. The summed E-state index contributed by atoms with van der Waals surface area (Å²) in [5.41, 5.74) is 20.5. The van der Waals surface area contributed by atoms with Crippen molar-refractivity contribution < 1.29 is 0 Å². The van der Waals surface area contributed by atoms with Crippen LogP contribution in [-0.4, -0.2) is 0 Å². The predicted octanol–water partition coefficient (Wildman–Crippen LogP) is 1.97. The van der Waals surface area contributed by atoms with Crippen molar-refractivity contribution in [3.05, 3.63) is 34.8 Å². The minimum absolute atomic E-state index is 0.388. The van der Waals surface area contributed by atoms with Gasteiger partial charge in [-0.15, -0.1) is 0 Å². The van der Waals surface area contributed by atoms with Gasteiger partial charge in [0.25, 0.3) is 0 Å². The highest BCUT2D eigenvalue weighted by Gasteiger charge is 2.07. The van der Waals surface area contributed by atoms with Gasteiger partial charge in [-0.25, -0.2) is 0 Å². The van der Waals surface area contributed by atoms with Gasteiger partial charge in [-0.1, -0.05) is 13.8 Å². The summed E-state index contributed by atoms with van der Waals surface area (Å²) in [6.45, 7) is 7.92. The molecular formula is C12H23N3. The fourth-order valence-corrected chi connectivity index (χ4v) is 1.30. The van der Waals surface area contributed by atoms with Crippen molar-refractivity contribution in [3.8, 4) is 0 Å². The fourth-order valence-electron chi connectivity index (χ4n) is 1.30. The zero-order chi connectivity index (χ0) is 12.0. The Balaban J connectivity index is 5.25. The lowest BCUT2D eigenvalue weighted by Crippen LogP contribution is -2.09. The molecule has 15 heavy (non-hydrogen) atoms. The van der Waals surface area contributed by atoms with Gasteiger partial charge >= 0.3 is 0 Å². The minimum atomic E-state index is 0.388. The molecule has 0 aliphatic carbocycles. The van der Waals surface area contributed by atoms with Crippen molar-refractivity contribution in [1.29, 1.82) is 0 Å². The molecule has 0 aliphatic rings. The first kappa shape index (κ1) is 13.6. The van der Waals surface area contributed by atoms with Gasteiger partial charge in [0.2, 0.25) is 0 Å². The average Bonchev–Trinajstić information content (AvgIpc) is 2.11. The van der Waals surface area contributed by atoms with Gasteiger partial charge in [0.15, 0.2) is 0 Å². The van der Waals surface area contributed by atoms with E-state index >= 15 is 0 Å². The van der Waals surface area contributed by atoms with Crippen LogP contribution in [0.3, 0.4) is 0 Å². The first-order chi connectivity index (χ1) is 6.88. The molecular weight excluding hydrogens is 186 g/mol. The van der Waals surface area contributed by atoms with E-state index in [2.05, 4.69) is 13.8 Å². The maximum Gasteiger partial charge on any atom is 0.0367 e. The summed E-state index contributed by atoms with van der Waals surface area (Å²) in [4.78, 5) is 0. The molecule has 0 radical (unpaired) electrons. The van der Waals surface area contributed by atoms with Crippen molar-refractivity contribution in [1.82, 2.24) is 0 Å². The van der Waals surface area contributed by atoms with Crippen molar-refractivity contribution in [3.63, 3.8) is 0 Å². The maximum atomic E-state index is 5.97. The number of rotatable bonds is 4. The minimum Gasteiger partial charge on any atom is -0.402 e. The molecule has 0 aromatic rings. The predicted molar refractivity (Wildman–Crippen MR) is 66.6 cm³/mol. The highest BCUT2D eigenvalue weighted by atomic mass is 14.6. The summed E-state index contributed by atoms with van der Waals surface area (Å²) in [5.74, 6) is 0.388. The Morgan fingerprint density at radius 3 is 1.87 bits per heavy atom. The molecule has 0 spiro atoms. The number of hydrogen-bond donors (Lipinski definition) is 3. The van der Waals surface area contributed by atoms with Crippen LogP contribution in [0.25, 0.3) is 0 Å². The number of hydrogen-bond acceptors (Lipinski definition) is 3. The first-order valence-electron chi connectivity index (χ1n) is 5.25. The first-order valence-corrected chi connectivity index (χ1v) is 5.25. The third-order valence-corrected chi connectivity index (χ3v) is 2.24. The second-order valence-corrected chi connectivity index (χ2v) is 4.00. The summed E-state index contributed by atoms with van der Waals surface area (Å²) in [6.07, 6.45) is 4.72. The summed E-state index contributed by atoms with van der Waals surface area (Å²) >= 11 is 0. The van der Waals surface area contributed by atoms with E-state index in [1.807, 2.05) is 19.9 Å². The Kier molecular flexibility index (Phi) is 5.60. The molecule has 86 valence electrons. The van der Waals surface area contributed by atoms with Crippen LogP contribution in [0.4, 0.5) is 0 Å². The van der Waals surface area contributed by atoms with Crippen LogP contribution in [0.15, 0.2) is 34.8 Å². The smallest absolute Gasteiger partial charge is 0.0367 e. The van der Waals surface area contributed by atoms with Crippen LogP contribution in [0, 0.1) is 5.92 Å². The van der Waals surface area contributed by atoms with E-state index in [9.17, 15) is 0 Å². The summed E-state index contributed by atoms with van der Waals surface area (Å²) in [7, 11) is 0. The lowest BCUT2D eigenvalue weighted by atomic mass is 9.95. The highest BCUT2D eigenvalue weighted by Crippen LogP contribution is 2.19. The van der Waals surface area contributed by atoms with Gasteiger partial charge in [-0.05, 0) is 43.9 Å². The second-order valence-electron chi connectivity index (χ2n) is 4.00. The molecule has 3 heteroatoms. The van der Waals surface area contributed by atoms with Gasteiger partial charge in [0.05, 0.1) is 0 Å². The van der Waals surface area contributed by atoms with Crippen LogP contribution in [0.5, 0.6) is 0 Å². The standard InChI is InChI=1S/C12H23N3/c1-5-8(2)11(6-9(3)13)12(15)7-10(4)14/h6-8H,5,13-15H2,1-4H3/b9-6-,10-7-,12-11+. The fraction of sp³-hybridized carbons (Fsp3) is 0.500. The Bertz CT molecular complexity index is 290. The Morgan fingerprint density at radius 1 is 1.07 bits per heavy atom. The summed E-state index contributed by atoms with van der Waals surface area (Å²) in [5, 5.41) is 0. The molecule has 0 saturated carbocycles. The van der Waals surface area contributed by atoms with Crippen molar-refractivity contribution in [2.45, 2.75) is 34.1 Å². The normalized spacial score (nSPS) is 17.3. The Morgan fingerprint density at radius 2 is 1.53 bits per heavy atom. The topological polar surface area (TPSA) is 78.1 Å². The molecule has 0 aliphatic heterocycles. The Hall–Kier alpha value is -1.38. The molecule has 0 rings (SSSR count). The van der Waals surface area contributed by atoms with Gasteiger partial charge in [0, 0.05) is 17.1 Å². The molecule has 3 nitrogen and oxygen atoms in total. The molecule has 1 atom stereocenters. The molecule has 0 amide bonds. The summed E-state index contributed by atoms with van der Waals surface area (Å²) in [6, 6.07) is 0. The van der Waals surface area contributed by atoms with E-state index in [1.165, 1.54) is 0 Å². The molecule has 6 N–H and O–H groups in total. The van der Waals surface area contributed by atoms with Crippen LogP contribution < -0.4 is 17.2 Å². The number of nitrogens with two attached hydrogens (primary N) is 3. The van der Waals surface area contributed by atoms with Crippen molar-refractivity contribution >= 4 is 0 Å². The lowest BCUT2D eigenvalue weighted by molar-refractivity contribution is 0.663. The SMILES string of the molecule is CCC(C)C(/C=C(/C)N)=C(N)\C=C(\C)N. The van der Waals surface area contributed by atoms with Crippen molar-refractivity contribution in [2.24, 2.45) is 23.1 Å². The van der Waals surface area contributed by atoms with Crippen LogP contribution >= 0.6 is 0 Å². The van der Waals surface area contributed by atoms with Gasteiger partial charge in [-0.3, -0.25) is 0 Å². The highest BCUT2D eigenvalue weighted by molar-refractivity contribution is 5.34. The van der Waals surface area contributed by atoms with E-state index in [0.29, 0.717) is 17.3 Å². The van der Waals surface area contributed by atoms with E-state index in [0.717, 1.165) is 17.7 Å². The van der Waals surface area contributed by atoms with Gasteiger partial charge in [-0.2, -0.15) is 0 Å². The van der Waals surface area contributed by atoms with E-state index in [-0.39, 0.29) is 0 Å². The molecule has 0 aromatic heterocycles. The van der Waals surface area contributed by atoms with Gasteiger partial charge in [0.1, 0.15) is 0 Å². The second kappa shape index (κ2) is 6.17. The molecule has 0 saturated heterocycles. The van der Waals surface area contributed by atoms with Crippen LogP contribution in [0.1, 0.15) is 34.1 Å². The van der Waals surface area contributed by atoms with E-state index in [4.69, 9.17) is 17.2 Å². The third-order valence-electron chi connectivity index (χ3n) is 2.24. The quantitative estimate of drug-likeness (QED) is 0.619. The molecule has 1 unspecified atom stereocenters. The Labute approximate surface area is 92.7 Å². The van der Waals surface area contributed by atoms with E-state index in [1.54, 1.807) is 6.08 Å². The number of allylic oxidation sites excluding steroid dienone is 5. The lowest BCUT2D eigenvalue weighted by Gasteiger charge is -2.13. The van der Waals surface area contributed by atoms with Gasteiger partial charge < -0.3 is 17.2 Å².